The summed E-state index contributed by atoms with van der Waals surface area (Å²) in [6, 6.07) is 0. The third-order valence-corrected chi connectivity index (χ3v) is 11.6. The summed E-state index contributed by atoms with van der Waals surface area (Å²) in [5.74, 6) is -0.961. The Hall–Kier alpha value is -2.55. The lowest BCUT2D eigenvalue weighted by Gasteiger charge is -2.19. The summed E-state index contributed by atoms with van der Waals surface area (Å²) < 4.78 is 32.8. The van der Waals surface area contributed by atoms with Gasteiger partial charge in [-0.25, -0.2) is 4.57 Å². The van der Waals surface area contributed by atoms with Gasteiger partial charge in [0, 0.05) is 19.4 Å². The number of rotatable bonds is 47. The number of phosphoric ester groups is 1. The van der Waals surface area contributed by atoms with E-state index >= 15 is 0 Å². The molecule has 0 aromatic rings. The molecule has 0 rings (SSSR count). The third kappa shape index (κ3) is 48.7. The number of unbranched alkanes of at least 4 members (excludes halogenated alkanes) is 22. The van der Waals surface area contributed by atoms with Crippen LogP contribution in [0.25, 0.3) is 0 Å². The van der Waals surface area contributed by atoms with Crippen LogP contribution in [-0.4, -0.2) is 49.3 Å². The zero-order chi connectivity index (χ0) is 46.0. The van der Waals surface area contributed by atoms with E-state index in [1.54, 1.807) is 0 Å². The van der Waals surface area contributed by atoms with Crippen molar-refractivity contribution in [3.05, 3.63) is 72.9 Å². The van der Waals surface area contributed by atoms with E-state index in [9.17, 15) is 19.0 Å². The molecule has 9 nitrogen and oxygen atoms in total. The molecular formula is C53H94NO8P. The Morgan fingerprint density at radius 2 is 0.857 bits per heavy atom. The van der Waals surface area contributed by atoms with E-state index < -0.39 is 32.5 Å². The number of nitrogens with two attached hydrogens (primary N) is 1. The second kappa shape index (κ2) is 48.9. The van der Waals surface area contributed by atoms with Crippen molar-refractivity contribution in [2.24, 2.45) is 5.73 Å². The van der Waals surface area contributed by atoms with Gasteiger partial charge in [-0.05, 0) is 70.6 Å². The van der Waals surface area contributed by atoms with E-state index in [4.69, 9.17) is 24.3 Å². The second-order valence-corrected chi connectivity index (χ2v) is 18.1. The van der Waals surface area contributed by atoms with Gasteiger partial charge < -0.3 is 20.1 Å². The molecule has 0 aliphatic rings. The minimum atomic E-state index is -4.41. The molecular weight excluding hydrogens is 810 g/mol. The van der Waals surface area contributed by atoms with Gasteiger partial charge in [0.05, 0.1) is 13.2 Å². The summed E-state index contributed by atoms with van der Waals surface area (Å²) in [7, 11) is -4.41. The highest BCUT2D eigenvalue weighted by Gasteiger charge is 2.25. The molecule has 0 amide bonds. The van der Waals surface area contributed by atoms with Gasteiger partial charge in [-0.2, -0.15) is 0 Å². The number of carbonyl (C=O) groups is 2. The lowest BCUT2D eigenvalue weighted by atomic mass is 10.0. The normalized spacial score (nSPS) is 13.8. The molecule has 1 unspecified atom stereocenters. The summed E-state index contributed by atoms with van der Waals surface area (Å²) in [6.45, 7) is 3.61. The van der Waals surface area contributed by atoms with Crippen LogP contribution in [0.4, 0.5) is 0 Å². The molecule has 0 aromatic carbocycles. The maximum Gasteiger partial charge on any atom is 0.472 e. The SMILES string of the molecule is CCCCC/C=C/C/C=C/C/C=C/C/C=C/C/C=C/CCC(=O)OC[C@H](COP(=O)(O)OCCN)OC(=O)CCC/C=C/CCCCCCCCCCCCCCCCCCCC. The van der Waals surface area contributed by atoms with Crippen LogP contribution in [-0.2, 0) is 32.7 Å². The van der Waals surface area contributed by atoms with Crippen molar-refractivity contribution in [2.75, 3.05) is 26.4 Å². The predicted octanol–water partition coefficient (Wildman–Crippen LogP) is 15.4. The Bertz CT molecular complexity index is 1260. The molecule has 0 aliphatic carbocycles. The fourth-order valence-corrected chi connectivity index (χ4v) is 7.56. The van der Waals surface area contributed by atoms with Gasteiger partial charge in [0.2, 0.25) is 0 Å². The first kappa shape index (κ1) is 60.5. The average molecular weight is 904 g/mol. The monoisotopic (exact) mass is 904 g/mol. The first-order chi connectivity index (χ1) is 30.8. The number of hydrogen-bond donors (Lipinski definition) is 2. The molecule has 0 spiro atoms. The van der Waals surface area contributed by atoms with Crippen molar-refractivity contribution >= 4 is 19.8 Å². The quantitative estimate of drug-likeness (QED) is 0.0265. The summed E-state index contributed by atoms with van der Waals surface area (Å²) in [4.78, 5) is 35.0. The molecule has 10 heteroatoms. The van der Waals surface area contributed by atoms with E-state index in [0.29, 0.717) is 12.8 Å². The highest BCUT2D eigenvalue weighted by molar-refractivity contribution is 7.47. The van der Waals surface area contributed by atoms with Crippen molar-refractivity contribution < 1.29 is 37.6 Å². The van der Waals surface area contributed by atoms with Gasteiger partial charge in [0.25, 0.3) is 0 Å². The summed E-state index contributed by atoms with van der Waals surface area (Å²) >= 11 is 0. The van der Waals surface area contributed by atoms with E-state index in [-0.39, 0.29) is 32.6 Å². The predicted molar refractivity (Wildman–Crippen MR) is 266 cm³/mol. The molecule has 63 heavy (non-hydrogen) atoms. The molecule has 2 atom stereocenters. The molecule has 364 valence electrons. The maximum absolute atomic E-state index is 12.6. The van der Waals surface area contributed by atoms with Crippen LogP contribution in [0.2, 0.25) is 0 Å². The first-order valence-corrected chi connectivity index (χ1v) is 26.9. The Morgan fingerprint density at radius 1 is 0.476 bits per heavy atom. The van der Waals surface area contributed by atoms with E-state index in [2.05, 4.69) is 74.6 Å². The zero-order valence-corrected chi connectivity index (χ0v) is 41.2. The first-order valence-electron chi connectivity index (χ1n) is 25.4. The van der Waals surface area contributed by atoms with Gasteiger partial charge >= 0.3 is 19.8 Å². The Morgan fingerprint density at radius 3 is 1.33 bits per heavy atom. The van der Waals surface area contributed by atoms with Crippen molar-refractivity contribution in [3.8, 4) is 0 Å². The Kier molecular flexibility index (Phi) is 46.9. The minimum Gasteiger partial charge on any atom is -0.462 e. The second-order valence-electron chi connectivity index (χ2n) is 16.7. The molecule has 0 saturated heterocycles. The molecule has 0 heterocycles. The van der Waals surface area contributed by atoms with Crippen LogP contribution in [0.5, 0.6) is 0 Å². The number of carbonyl (C=O) groups excluding carboxylic acids is 2. The van der Waals surface area contributed by atoms with Gasteiger partial charge in [-0.3, -0.25) is 18.6 Å². The summed E-state index contributed by atoms with van der Waals surface area (Å²) in [6.07, 6.45) is 61.1. The van der Waals surface area contributed by atoms with Crippen molar-refractivity contribution in [1.82, 2.24) is 0 Å². The fourth-order valence-electron chi connectivity index (χ4n) is 6.80. The minimum absolute atomic E-state index is 0.0377. The van der Waals surface area contributed by atoms with Gasteiger partial charge in [-0.1, -0.05) is 209 Å². The molecule has 3 N–H and O–H groups in total. The molecule has 0 aliphatic heterocycles. The van der Waals surface area contributed by atoms with Crippen LogP contribution >= 0.6 is 7.82 Å². The molecule has 0 aromatic heterocycles. The largest absolute Gasteiger partial charge is 0.472 e. The number of hydrogen-bond acceptors (Lipinski definition) is 8. The van der Waals surface area contributed by atoms with Crippen LogP contribution in [0, 0.1) is 0 Å². The molecule has 0 saturated carbocycles. The number of phosphoric acid groups is 1. The van der Waals surface area contributed by atoms with Crippen LogP contribution in [0.15, 0.2) is 72.9 Å². The maximum atomic E-state index is 12.6. The van der Waals surface area contributed by atoms with E-state index in [1.807, 2.05) is 12.2 Å². The summed E-state index contributed by atoms with van der Waals surface area (Å²) in [5, 5.41) is 0. The number of allylic oxidation sites excluding steroid dienone is 12. The Balaban J connectivity index is 4.18. The average Bonchev–Trinajstić information content (AvgIpc) is 3.27. The number of ether oxygens (including phenoxy) is 2. The topological polar surface area (TPSA) is 134 Å². The van der Waals surface area contributed by atoms with Crippen molar-refractivity contribution in [3.63, 3.8) is 0 Å². The van der Waals surface area contributed by atoms with Crippen molar-refractivity contribution in [2.45, 2.75) is 225 Å². The Labute approximate surface area is 386 Å². The van der Waals surface area contributed by atoms with E-state index in [0.717, 1.165) is 38.5 Å². The molecule has 0 bridgehead atoms. The lowest BCUT2D eigenvalue weighted by molar-refractivity contribution is -0.161. The lowest BCUT2D eigenvalue weighted by Crippen LogP contribution is -2.29. The smallest absolute Gasteiger partial charge is 0.462 e. The van der Waals surface area contributed by atoms with Crippen LogP contribution in [0.1, 0.15) is 219 Å². The zero-order valence-electron chi connectivity index (χ0n) is 40.3. The third-order valence-electron chi connectivity index (χ3n) is 10.6. The standard InChI is InChI=1S/C53H94NO8P/c1-3-5-7-9-11-13-15-17-19-21-23-24-25-26-28-30-32-34-36-38-40-42-44-46-53(56)62-51(50-61-63(57,58)60-48-47-54)49-59-52(55)45-43-41-39-37-35-33-31-29-27-22-20-18-16-14-12-10-8-6-4-2/h12,14,18,20,27,29,33,35,38-41,51H,3-11,13,15-17,19,21-26,28,30-32,34,36-37,42-50,54H2,1-2H3,(H,57,58)/b14-12+,20-18+,29-27+,35-33+,40-38+,41-39+/t51-/m1/s1. The van der Waals surface area contributed by atoms with E-state index in [1.165, 1.54) is 141 Å². The number of esters is 2. The highest BCUT2D eigenvalue weighted by atomic mass is 31.2. The van der Waals surface area contributed by atoms with Gasteiger partial charge in [-0.15, -0.1) is 0 Å². The highest BCUT2D eigenvalue weighted by Crippen LogP contribution is 2.43. The fraction of sp³-hybridized carbons (Fsp3) is 0.736. The summed E-state index contributed by atoms with van der Waals surface area (Å²) in [5.41, 5.74) is 5.36. The molecule has 0 fully saturated rings. The van der Waals surface area contributed by atoms with Crippen LogP contribution in [0.3, 0.4) is 0 Å². The molecule has 0 radical (unpaired) electrons. The van der Waals surface area contributed by atoms with Crippen LogP contribution < -0.4 is 5.73 Å². The van der Waals surface area contributed by atoms with Gasteiger partial charge in [0.15, 0.2) is 6.10 Å². The van der Waals surface area contributed by atoms with Crippen molar-refractivity contribution in [1.29, 1.82) is 0 Å². The van der Waals surface area contributed by atoms with Gasteiger partial charge in [0.1, 0.15) is 6.61 Å².